The Kier molecular flexibility index (Phi) is 5.86. The second-order valence-corrected chi connectivity index (χ2v) is 4.14. The van der Waals surface area contributed by atoms with E-state index in [9.17, 15) is 0 Å². The summed E-state index contributed by atoms with van der Waals surface area (Å²) < 4.78 is 0. The number of thiocarbonyl (C=S) groups is 1. The van der Waals surface area contributed by atoms with Crippen LogP contribution in [0.3, 0.4) is 0 Å². The molecular weight excluding hydrogens is 216 g/mol. The van der Waals surface area contributed by atoms with E-state index in [0.717, 1.165) is 31.0 Å². The predicted molar refractivity (Wildman–Crippen MR) is 73.6 cm³/mol. The molecule has 0 aliphatic heterocycles. The molecule has 0 aromatic heterocycles. The zero-order valence-electron chi connectivity index (χ0n) is 10.0. The summed E-state index contributed by atoms with van der Waals surface area (Å²) >= 11 is 5.18. The Morgan fingerprint density at radius 3 is 2.44 bits per heavy atom. The van der Waals surface area contributed by atoms with E-state index >= 15 is 0 Å². The van der Waals surface area contributed by atoms with Gasteiger partial charge in [-0.05, 0) is 36.2 Å². The number of hydrogen-bond donors (Lipinski definition) is 2. The van der Waals surface area contributed by atoms with Crippen molar-refractivity contribution in [1.82, 2.24) is 10.6 Å². The first-order chi connectivity index (χ1) is 7.77. The summed E-state index contributed by atoms with van der Waals surface area (Å²) in [5.41, 5.74) is 2.71. The molecular formula is C13H20N2S. The average molecular weight is 236 g/mol. The fraction of sp³-hybridized carbons (Fsp3) is 0.462. The van der Waals surface area contributed by atoms with E-state index < -0.39 is 0 Å². The molecule has 2 nitrogen and oxygen atoms in total. The summed E-state index contributed by atoms with van der Waals surface area (Å²) in [7, 11) is 0. The molecule has 1 rings (SSSR count). The zero-order valence-corrected chi connectivity index (χ0v) is 10.9. The Balaban J connectivity index is 2.44. The molecule has 0 aliphatic carbocycles. The molecule has 0 radical (unpaired) electrons. The maximum atomic E-state index is 5.18. The third-order valence-corrected chi connectivity index (χ3v) is 2.76. The molecule has 0 aliphatic rings. The highest BCUT2D eigenvalue weighted by Gasteiger charge is 2.00. The predicted octanol–water partition coefficient (Wildman–Crippen LogP) is 2.62. The fourth-order valence-electron chi connectivity index (χ4n) is 1.55. The normalized spacial score (nSPS) is 9.88. The Morgan fingerprint density at radius 2 is 1.81 bits per heavy atom. The minimum Gasteiger partial charge on any atom is -0.363 e. The van der Waals surface area contributed by atoms with Gasteiger partial charge in [-0.15, -0.1) is 0 Å². The Bertz CT molecular complexity index is 336. The third-order valence-electron chi connectivity index (χ3n) is 2.47. The summed E-state index contributed by atoms with van der Waals surface area (Å²) in [6.07, 6.45) is 2.15. The standard InChI is InChI=1S/C13H20N2S/c1-3-9-14-13(16)15-10-12-8-6-5-7-11(12)4-2/h5-8H,3-4,9-10H2,1-2H3,(H2,14,15,16). The number of aryl methyl sites for hydroxylation is 1. The molecule has 16 heavy (non-hydrogen) atoms. The smallest absolute Gasteiger partial charge is 0.166 e. The third kappa shape index (κ3) is 4.19. The molecule has 0 spiro atoms. The fourth-order valence-corrected chi connectivity index (χ4v) is 1.73. The molecule has 0 heterocycles. The van der Waals surface area contributed by atoms with Gasteiger partial charge in [0, 0.05) is 13.1 Å². The van der Waals surface area contributed by atoms with Crippen molar-refractivity contribution in [1.29, 1.82) is 0 Å². The van der Waals surface area contributed by atoms with Gasteiger partial charge in [0.25, 0.3) is 0 Å². The minimum atomic E-state index is 0.743. The number of hydrogen-bond acceptors (Lipinski definition) is 1. The number of rotatable bonds is 5. The van der Waals surface area contributed by atoms with E-state index in [-0.39, 0.29) is 0 Å². The van der Waals surface area contributed by atoms with Crippen LogP contribution in [-0.4, -0.2) is 11.7 Å². The molecule has 0 fully saturated rings. The Labute approximate surface area is 103 Å². The minimum absolute atomic E-state index is 0.743. The van der Waals surface area contributed by atoms with E-state index in [4.69, 9.17) is 12.2 Å². The van der Waals surface area contributed by atoms with Gasteiger partial charge in [-0.1, -0.05) is 38.1 Å². The van der Waals surface area contributed by atoms with E-state index in [1.807, 2.05) is 0 Å². The van der Waals surface area contributed by atoms with E-state index in [1.54, 1.807) is 0 Å². The zero-order chi connectivity index (χ0) is 11.8. The second-order valence-electron chi connectivity index (χ2n) is 3.73. The van der Waals surface area contributed by atoms with Crippen LogP contribution in [0, 0.1) is 0 Å². The number of benzene rings is 1. The van der Waals surface area contributed by atoms with Gasteiger partial charge in [0.15, 0.2) is 5.11 Å². The summed E-state index contributed by atoms with van der Waals surface area (Å²) in [5, 5.41) is 7.13. The number of nitrogens with one attached hydrogen (secondary N) is 2. The lowest BCUT2D eigenvalue weighted by molar-refractivity contribution is 0.796. The largest absolute Gasteiger partial charge is 0.363 e. The average Bonchev–Trinajstić information content (AvgIpc) is 2.34. The van der Waals surface area contributed by atoms with Crippen LogP contribution in [0.15, 0.2) is 24.3 Å². The van der Waals surface area contributed by atoms with E-state index in [0.29, 0.717) is 0 Å². The molecule has 0 saturated carbocycles. The maximum Gasteiger partial charge on any atom is 0.166 e. The molecule has 0 saturated heterocycles. The molecule has 0 bridgehead atoms. The lowest BCUT2D eigenvalue weighted by Gasteiger charge is -2.12. The first-order valence-corrected chi connectivity index (χ1v) is 6.27. The van der Waals surface area contributed by atoms with Crippen molar-refractivity contribution in [2.75, 3.05) is 6.54 Å². The van der Waals surface area contributed by atoms with Crippen LogP contribution in [0.5, 0.6) is 0 Å². The highest BCUT2D eigenvalue weighted by molar-refractivity contribution is 7.80. The second kappa shape index (κ2) is 7.23. The van der Waals surface area contributed by atoms with E-state index in [2.05, 4.69) is 48.7 Å². The summed E-state index contributed by atoms with van der Waals surface area (Å²) in [5.74, 6) is 0. The van der Waals surface area contributed by atoms with Gasteiger partial charge < -0.3 is 10.6 Å². The van der Waals surface area contributed by atoms with Crippen LogP contribution in [0.2, 0.25) is 0 Å². The van der Waals surface area contributed by atoms with Crippen molar-refractivity contribution < 1.29 is 0 Å². The van der Waals surface area contributed by atoms with E-state index in [1.165, 1.54) is 11.1 Å². The quantitative estimate of drug-likeness (QED) is 0.769. The van der Waals surface area contributed by atoms with Crippen molar-refractivity contribution in [3.8, 4) is 0 Å². The van der Waals surface area contributed by atoms with Crippen LogP contribution in [0.1, 0.15) is 31.4 Å². The van der Waals surface area contributed by atoms with Gasteiger partial charge >= 0.3 is 0 Å². The first-order valence-electron chi connectivity index (χ1n) is 5.86. The summed E-state index contributed by atoms with van der Waals surface area (Å²) in [6.45, 7) is 6.04. The van der Waals surface area contributed by atoms with Gasteiger partial charge in [0.05, 0.1) is 0 Å². The van der Waals surface area contributed by atoms with Crippen LogP contribution >= 0.6 is 12.2 Å². The monoisotopic (exact) mass is 236 g/mol. The topological polar surface area (TPSA) is 24.1 Å². The molecule has 1 aromatic carbocycles. The van der Waals surface area contributed by atoms with Crippen molar-refractivity contribution in [3.63, 3.8) is 0 Å². The van der Waals surface area contributed by atoms with Crippen LogP contribution < -0.4 is 10.6 Å². The van der Waals surface area contributed by atoms with Crippen LogP contribution in [-0.2, 0) is 13.0 Å². The van der Waals surface area contributed by atoms with Crippen molar-refractivity contribution in [3.05, 3.63) is 35.4 Å². The summed E-state index contributed by atoms with van der Waals surface area (Å²) in [6, 6.07) is 8.46. The molecule has 0 amide bonds. The Hall–Kier alpha value is -1.09. The lowest BCUT2D eigenvalue weighted by Crippen LogP contribution is -2.35. The maximum absolute atomic E-state index is 5.18. The van der Waals surface area contributed by atoms with Gasteiger partial charge in [0.2, 0.25) is 0 Å². The highest BCUT2D eigenvalue weighted by atomic mass is 32.1. The molecule has 0 unspecified atom stereocenters. The Morgan fingerprint density at radius 1 is 1.12 bits per heavy atom. The van der Waals surface area contributed by atoms with Crippen molar-refractivity contribution in [2.45, 2.75) is 33.2 Å². The van der Waals surface area contributed by atoms with Crippen LogP contribution in [0.25, 0.3) is 0 Å². The van der Waals surface area contributed by atoms with Crippen molar-refractivity contribution >= 4 is 17.3 Å². The van der Waals surface area contributed by atoms with Gasteiger partial charge in [-0.25, -0.2) is 0 Å². The van der Waals surface area contributed by atoms with Gasteiger partial charge in [-0.3, -0.25) is 0 Å². The first kappa shape index (κ1) is 13.0. The molecule has 0 atom stereocenters. The molecule has 1 aromatic rings. The molecule has 3 heteroatoms. The highest BCUT2D eigenvalue weighted by Crippen LogP contribution is 2.08. The summed E-state index contributed by atoms with van der Waals surface area (Å²) in [4.78, 5) is 0. The SMILES string of the molecule is CCCNC(=S)NCc1ccccc1CC. The molecule has 88 valence electrons. The van der Waals surface area contributed by atoms with Crippen LogP contribution in [0.4, 0.5) is 0 Å². The molecule has 2 N–H and O–H groups in total. The van der Waals surface area contributed by atoms with Gasteiger partial charge in [0.1, 0.15) is 0 Å². The van der Waals surface area contributed by atoms with Crippen molar-refractivity contribution in [2.24, 2.45) is 0 Å². The van der Waals surface area contributed by atoms with Gasteiger partial charge in [-0.2, -0.15) is 0 Å². The lowest BCUT2D eigenvalue weighted by atomic mass is 10.1.